The lowest BCUT2D eigenvalue weighted by Gasteiger charge is -2.64. The highest BCUT2D eigenvalue weighted by molar-refractivity contribution is 5.34. The molecule has 0 aromatic heterocycles. The SMILES string of the molecule is COC1OC(OC(C)(C)[C@H]2O[C@]34C[C@@]5(C)C6[C@@H](O)C[C@H]7C(C)(C)[C@@H](OC8OCC(O)C(O)C8O)CC[C@@]78C[C@@]68CC[C@]5(C)C3[C@H](C)C[C@H]2O4)C(O)C(O)C1O. The van der Waals surface area contributed by atoms with Crippen LogP contribution in [0.3, 0.4) is 0 Å². The van der Waals surface area contributed by atoms with Crippen LogP contribution in [0.15, 0.2) is 0 Å². The first kappa shape index (κ1) is 39.9. The van der Waals surface area contributed by atoms with Crippen LogP contribution < -0.4 is 0 Å². The highest BCUT2D eigenvalue weighted by atomic mass is 16.8. The molecule has 22 atom stereocenters. The van der Waals surface area contributed by atoms with Crippen molar-refractivity contribution in [1.82, 2.24) is 0 Å². The summed E-state index contributed by atoms with van der Waals surface area (Å²) in [5.41, 5.74) is -1.80. The molecule has 314 valence electrons. The minimum absolute atomic E-state index is 0.0299. The van der Waals surface area contributed by atoms with Gasteiger partial charge in [-0.25, -0.2) is 0 Å². The standard InChI is InChI=1S/C41H66O14/c1-18-13-21-31(36(4,5)55-34-28(48)25(45)27(47)32(49-8)52-34)54-41(53-21)16-38(7)30-19(42)14-22-35(2,3)23(51-33-26(46)24(44)20(43)15-50-33)9-10-39(22)17-40(30,39)12-11-37(38,6)29(18)41/h18-34,42-48H,9-17H2,1-8H3/t18-,19+,20?,21-,22+,23+,24?,25?,26?,27?,28?,29?,30?,31+,32?,33?,34?,37-,38+,39-,40+,41-/m1/s1. The van der Waals surface area contributed by atoms with Crippen LogP contribution in [0.2, 0.25) is 0 Å². The third-order valence-electron chi connectivity index (χ3n) is 17.9. The maximum atomic E-state index is 12.6. The molecule has 3 spiro atoms. The van der Waals surface area contributed by atoms with E-state index >= 15 is 0 Å². The maximum absolute atomic E-state index is 12.6. The van der Waals surface area contributed by atoms with Gasteiger partial charge in [-0.15, -0.1) is 0 Å². The van der Waals surface area contributed by atoms with Crippen molar-refractivity contribution in [2.24, 2.45) is 50.7 Å². The van der Waals surface area contributed by atoms with E-state index in [1.54, 1.807) is 0 Å². The molecule has 14 nitrogen and oxygen atoms in total. The van der Waals surface area contributed by atoms with Crippen LogP contribution in [0.25, 0.3) is 0 Å². The Hall–Kier alpha value is -0.560. The van der Waals surface area contributed by atoms with E-state index in [0.29, 0.717) is 12.8 Å². The summed E-state index contributed by atoms with van der Waals surface area (Å²) < 4.78 is 44.0. The average Bonchev–Trinajstić information content (AvgIpc) is 3.58. The van der Waals surface area contributed by atoms with Gasteiger partial charge in [0.25, 0.3) is 0 Å². The number of methoxy groups -OCH3 is 1. The first-order valence-electron chi connectivity index (χ1n) is 20.9. The molecule has 7 N–H and O–H groups in total. The van der Waals surface area contributed by atoms with E-state index in [0.717, 1.165) is 38.5 Å². The van der Waals surface area contributed by atoms with Gasteiger partial charge in [0.05, 0.1) is 30.5 Å². The van der Waals surface area contributed by atoms with Crippen molar-refractivity contribution in [2.45, 2.75) is 191 Å². The molecule has 9 aliphatic rings. The molecular formula is C41H66O14. The minimum Gasteiger partial charge on any atom is -0.393 e. The van der Waals surface area contributed by atoms with Crippen molar-refractivity contribution in [2.75, 3.05) is 13.7 Å². The number of aliphatic hydroxyl groups is 7. The van der Waals surface area contributed by atoms with Gasteiger partial charge in [-0.05, 0) is 104 Å². The zero-order chi connectivity index (χ0) is 39.6. The average molecular weight is 783 g/mol. The van der Waals surface area contributed by atoms with Crippen molar-refractivity contribution in [3.63, 3.8) is 0 Å². The van der Waals surface area contributed by atoms with Crippen LogP contribution in [-0.4, -0.2) is 141 Å². The fourth-order valence-corrected chi connectivity index (χ4v) is 15.4. The van der Waals surface area contributed by atoms with E-state index in [2.05, 4.69) is 34.6 Å². The van der Waals surface area contributed by atoms with Gasteiger partial charge < -0.3 is 68.9 Å². The molecule has 0 amide bonds. The van der Waals surface area contributed by atoms with Gasteiger partial charge >= 0.3 is 0 Å². The van der Waals surface area contributed by atoms with E-state index in [4.69, 9.17) is 33.2 Å². The van der Waals surface area contributed by atoms with Crippen LogP contribution in [0.1, 0.15) is 99.8 Å². The van der Waals surface area contributed by atoms with Crippen molar-refractivity contribution in [3.8, 4) is 0 Å². The van der Waals surface area contributed by atoms with E-state index in [9.17, 15) is 35.7 Å². The molecule has 0 aromatic rings. The predicted molar refractivity (Wildman–Crippen MR) is 191 cm³/mol. The van der Waals surface area contributed by atoms with Gasteiger partial charge in [-0.1, -0.05) is 34.6 Å². The quantitative estimate of drug-likeness (QED) is 0.191. The molecule has 5 saturated carbocycles. The summed E-state index contributed by atoms with van der Waals surface area (Å²) in [5.74, 6) is -0.287. The van der Waals surface area contributed by atoms with Crippen LogP contribution in [-0.2, 0) is 33.2 Å². The van der Waals surface area contributed by atoms with Crippen LogP contribution >= 0.6 is 0 Å². The third-order valence-corrected chi connectivity index (χ3v) is 17.9. The van der Waals surface area contributed by atoms with Crippen molar-refractivity contribution in [1.29, 1.82) is 0 Å². The zero-order valence-corrected chi connectivity index (χ0v) is 33.7. The highest BCUT2D eigenvalue weighted by Crippen LogP contribution is 2.90. The van der Waals surface area contributed by atoms with Crippen LogP contribution in [0.4, 0.5) is 0 Å². The summed E-state index contributed by atoms with van der Waals surface area (Å²) in [4.78, 5) is 0. The second kappa shape index (κ2) is 12.5. The number of hydrogen-bond acceptors (Lipinski definition) is 14. The Balaban J connectivity index is 0.974. The molecule has 11 unspecified atom stereocenters. The van der Waals surface area contributed by atoms with Crippen LogP contribution in [0.5, 0.6) is 0 Å². The molecule has 2 bridgehead atoms. The Bertz CT molecular complexity index is 1510. The fraction of sp³-hybridized carbons (Fsp3) is 1.00. The molecular weight excluding hydrogens is 716 g/mol. The van der Waals surface area contributed by atoms with Gasteiger partial charge in [-0.3, -0.25) is 0 Å². The second-order valence-corrected chi connectivity index (χ2v) is 21.1. The van der Waals surface area contributed by atoms with Crippen molar-refractivity contribution < 1.29 is 68.9 Å². The lowest BCUT2D eigenvalue weighted by Crippen LogP contribution is -2.63. The Morgan fingerprint density at radius 2 is 1.38 bits per heavy atom. The molecule has 4 saturated heterocycles. The normalized spacial score (nSPS) is 60.6. The van der Waals surface area contributed by atoms with E-state index in [-0.39, 0.29) is 69.6 Å². The molecule has 55 heavy (non-hydrogen) atoms. The Morgan fingerprint density at radius 1 is 0.691 bits per heavy atom. The Morgan fingerprint density at radius 3 is 2.09 bits per heavy atom. The summed E-state index contributed by atoms with van der Waals surface area (Å²) in [6, 6.07) is 0. The largest absolute Gasteiger partial charge is 0.393 e. The fourth-order valence-electron chi connectivity index (χ4n) is 15.4. The Labute approximate surface area is 324 Å². The van der Waals surface area contributed by atoms with Gasteiger partial charge in [0, 0.05) is 19.4 Å². The monoisotopic (exact) mass is 782 g/mol. The number of hydrogen-bond donors (Lipinski definition) is 7. The van der Waals surface area contributed by atoms with Gasteiger partial charge in [0.15, 0.2) is 24.7 Å². The van der Waals surface area contributed by atoms with Crippen molar-refractivity contribution >= 4 is 0 Å². The van der Waals surface area contributed by atoms with E-state index in [1.807, 2.05) is 13.8 Å². The first-order chi connectivity index (χ1) is 25.6. The molecule has 14 heteroatoms. The van der Waals surface area contributed by atoms with Crippen molar-refractivity contribution in [3.05, 3.63) is 0 Å². The minimum atomic E-state index is -1.52. The number of fused-ring (bicyclic) bond motifs is 4. The third kappa shape index (κ3) is 5.10. The van der Waals surface area contributed by atoms with Gasteiger partial charge in [-0.2, -0.15) is 0 Å². The van der Waals surface area contributed by atoms with Gasteiger partial charge in [0.2, 0.25) is 0 Å². The topological polar surface area (TPSA) is 206 Å². The number of rotatable bonds is 6. The second-order valence-electron chi connectivity index (χ2n) is 21.1. The molecule has 4 aliphatic heterocycles. The Kier molecular flexibility index (Phi) is 9.06. The molecule has 0 radical (unpaired) electrons. The van der Waals surface area contributed by atoms with Crippen LogP contribution in [0, 0.1) is 50.7 Å². The summed E-state index contributed by atoms with van der Waals surface area (Å²) in [5, 5.41) is 75.4. The first-order valence-corrected chi connectivity index (χ1v) is 20.9. The summed E-state index contributed by atoms with van der Waals surface area (Å²) in [7, 11) is 1.36. The molecule has 5 aliphatic carbocycles. The summed E-state index contributed by atoms with van der Waals surface area (Å²) in [6.45, 7) is 15.3. The molecule has 9 fully saturated rings. The molecule has 9 rings (SSSR count). The summed E-state index contributed by atoms with van der Waals surface area (Å²) >= 11 is 0. The number of aliphatic hydroxyl groups excluding tert-OH is 7. The lowest BCUT2D eigenvalue weighted by molar-refractivity contribution is -0.368. The molecule has 0 aromatic carbocycles. The number of ether oxygens (including phenoxy) is 7. The van der Waals surface area contributed by atoms with Gasteiger partial charge in [0.1, 0.15) is 42.7 Å². The lowest BCUT2D eigenvalue weighted by atomic mass is 9.41. The maximum Gasteiger partial charge on any atom is 0.190 e. The molecule has 4 heterocycles. The van der Waals surface area contributed by atoms with E-state index in [1.165, 1.54) is 7.11 Å². The zero-order valence-electron chi connectivity index (χ0n) is 33.7. The van der Waals surface area contributed by atoms with E-state index < -0.39 is 79.1 Å². The smallest absolute Gasteiger partial charge is 0.190 e. The summed E-state index contributed by atoms with van der Waals surface area (Å²) in [6.07, 6.45) is -6.45. The highest BCUT2D eigenvalue weighted by Gasteiger charge is 2.87. The predicted octanol–water partition coefficient (Wildman–Crippen LogP) is 1.56.